The lowest BCUT2D eigenvalue weighted by Crippen LogP contribution is -2.57. The first kappa shape index (κ1) is 33.8. The number of carbonyl (C=O) groups excluding carboxylic acids is 4. The van der Waals surface area contributed by atoms with Crippen LogP contribution in [0.3, 0.4) is 0 Å². The van der Waals surface area contributed by atoms with Crippen molar-refractivity contribution in [2.24, 2.45) is 33.8 Å². The number of primary amides is 1. The molecule has 5 atom stereocenters. The van der Waals surface area contributed by atoms with Crippen LogP contribution in [-0.2, 0) is 30.4 Å². The van der Waals surface area contributed by atoms with E-state index >= 15 is 0 Å². The van der Waals surface area contributed by atoms with Crippen LogP contribution in [0.15, 0.2) is 35.3 Å². The molecule has 0 saturated heterocycles. The topological polar surface area (TPSA) is 258 Å². The van der Waals surface area contributed by atoms with E-state index in [4.69, 9.17) is 22.9 Å². The molecule has 0 aromatic heterocycles. The highest BCUT2D eigenvalue weighted by atomic mass is 16.4. The molecule has 0 spiro atoms. The second kappa shape index (κ2) is 17.4. The van der Waals surface area contributed by atoms with E-state index in [1.807, 2.05) is 6.92 Å². The number of aliphatic imine (C=N–C) groups is 1. The van der Waals surface area contributed by atoms with Gasteiger partial charge in [0.25, 0.3) is 0 Å². The number of nitrogens with one attached hydrogen (secondary N) is 3. The maximum Gasteiger partial charge on any atom is 0.326 e. The molecule has 0 aliphatic rings. The first-order valence-electron chi connectivity index (χ1n) is 13.1. The predicted molar refractivity (Wildman–Crippen MR) is 149 cm³/mol. The van der Waals surface area contributed by atoms with Crippen LogP contribution in [0.5, 0.6) is 0 Å². The van der Waals surface area contributed by atoms with Crippen molar-refractivity contribution >= 4 is 35.6 Å². The Morgan fingerprint density at radius 2 is 1.43 bits per heavy atom. The van der Waals surface area contributed by atoms with Crippen LogP contribution in [0.1, 0.15) is 51.5 Å². The average Bonchev–Trinajstić information content (AvgIpc) is 2.91. The number of amides is 4. The molecule has 0 saturated carbocycles. The zero-order valence-corrected chi connectivity index (χ0v) is 23.0. The Labute approximate surface area is 233 Å². The number of hydrogen-bond donors (Lipinski definition) is 8. The average molecular weight is 563 g/mol. The van der Waals surface area contributed by atoms with E-state index in [-0.39, 0.29) is 50.5 Å². The number of hydrogen-bond acceptors (Lipinski definition) is 7. The summed E-state index contributed by atoms with van der Waals surface area (Å²) >= 11 is 0. The van der Waals surface area contributed by atoms with Crippen LogP contribution in [-0.4, -0.2) is 71.4 Å². The summed E-state index contributed by atoms with van der Waals surface area (Å²) < 4.78 is 0. The zero-order chi connectivity index (χ0) is 30.2. The van der Waals surface area contributed by atoms with Crippen LogP contribution >= 0.6 is 0 Å². The maximum atomic E-state index is 13.2. The summed E-state index contributed by atoms with van der Waals surface area (Å²) in [6, 6.07) is 4.14. The fourth-order valence-corrected chi connectivity index (χ4v) is 3.70. The van der Waals surface area contributed by atoms with E-state index in [0.29, 0.717) is 12.0 Å². The summed E-state index contributed by atoms with van der Waals surface area (Å²) in [4.78, 5) is 66.3. The summed E-state index contributed by atoms with van der Waals surface area (Å²) in [5.74, 6) is -4.37. The molecule has 40 heavy (non-hydrogen) atoms. The van der Waals surface area contributed by atoms with E-state index in [0.717, 1.165) is 0 Å². The molecule has 0 heterocycles. The van der Waals surface area contributed by atoms with Crippen molar-refractivity contribution in [3.05, 3.63) is 35.9 Å². The molecule has 0 aliphatic heterocycles. The third-order valence-corrected chi connectivity index (χ3v) is 6.35. The van der Waals surface area contributed by atoms with Gasteiger partial charge in [0.2, 0.25) is 23.6 Å². The number of guanidine groups is 1. The number of aliphatic carboxylic acids is 1. The van der Waals surface area contributed by atoms with Gasteiger partial charge in [-0.1, -0.05) is 50.6 Å². The molecule has 1 aromatic carbocycles. The van der Waals surface area contributed by atoms with Gasteiger partial charge in [0.15, 0.2) is 5.96 Å². The largest absolute Gasteiger partial charge is 0.480 e. The second-order valence-electron chi connectivity index (χ2n) is 9.58. The Hall–Kier alpha value is -4.20. The number of nitrogens with zero attached hydrogens (tertiary/aromatic N) is 1. The molecule has 0 bridgehead atoms. The fraction of sp³-hybridized carbons (Fsp3) is 0.538. The van der Waals surface area contributed by atoms with Gasteiger partial charge in [0.1, 0.15) is 18.1 Å². The quantitative estimate of drug-likeness (QED) is 0.0585. The van der Waals surface area contributed by atoms with Crippen LogP contribution in [0.4, 0.5) is 0 Å². The van der Waals surface area contributed by atoms with Gasteiger partial charge in [0.05, 0.1) is 6.04 Å². The summed E-state index contributed by atoms with van der Waals surface area (Å²) in [5.41, 5.74) is 22.6. The van der Waals surface area contributed by atoms with Gasteiger partial charge in [-0.2, -0.15) is 0 Å². The van der Waals surface area contributed by atoms with E-state index in [1.54, 1.807) is 37.3 Å². The Balaban J connectivity index is 3.11. The van der Waals surface area contributed by atoms with Crippen molar-refractivity contribution < 1.29 is 29.1 Å². The van der Waals surface area contributed by atoms with Crippen LogP contribution in [0.2, 0.25) is 0 Å². The third kappa shape index (κ3) is 12.6. The zero-order valence-electron chi connectivity index (χ0n) is 23.0. The highest BCUT2D eigenvalue weighted by Crippen LogP contribution is 2.09. The van der Waals surface area contributed by atoms with Crippen LogP contribution < -0.4 is 38.9 Å². The number of benzene rings is 1. The van der Waals surface area contributed by atoms with Crippen molar-refractivity contribution in [1.29, 1.82) is 0 Å². The fourth-order valence-electron chi connectivity index (χ4n) is 3.70. The molecule has 0 aliphatic carbocycles. The lowest BCUT2D eigenvalue weighted by Gasteiger charge is -2.26. The molecule has 222 valence electrons. The molecule has 12 N–H and O–H groups in total. The highest BCUT2D eigenvalue weighted by Gasteiger charge is 2.31. The molecule has 14 heteroatoms. The molecule has 0 radical (unpaired) electrons. The van der Waals surface area contributed by atoms with Crippen LogP contribution in [0.25, 0.3) is 0 Å². The van der Waals surface area contributed by atoms with Crippen molar-refractivity contribution in [1.82, 2.24) is 16.0 Å². The Kier molecular flexibility index (Phi) is 14.7. The maximum absolute atomic E-state index is 13.2. The van der Waals surface area contributed by atoms with Gasteiger partial charge in [-0.05, 0) is 30.7 Å². The Morgan fingerprint density at radius 1 is 0.875 bits per heavy atom. The Morgan fingerprint density at radius 3 is 1.95 bits per heavy atom. The first-order valence-corrected chi connectivity index (χ1v) is 13.1. The van der Waals surface area contributed by atoms with E-state index in [2.05, 4.69) is 20.9 Å². The second-order valence-corrected chi connectivity index (χ2v) is 9.58. The van der Waals surface area contributed by atoms with E-state index < -0.39 is 53.8 Å². The van der Waals surface area contributed by atoms with E-state index in [1.165, 1.54) is 0 Å². The van der Waals surface area contributed by atoms with Gasteiger partial charge in [-0.15, -0.1) is 0 Å². The summed E-state index contributed by atoms with van der Waals surface area (Å²) in [6.45, 7) is 3.80. The molecule has 5 unspecified atom stereocenters. The Bertz CT molecular complexity index is 1030. The van der Waals surface area contributed by atoms with Gasteiger partial charge >= 0.3 is 5.97 Å². The molecular weight excluding hydrogens is 520 g/mol. The lowest BCUT2D eigenvalue weighted by atomic mass is 9.98. The minimum absolute atomic E-state index is 0.0153. The summed E-state index contributed by atoms with van der Waals surface area (Å²) in [7, 11) is 0. The molecular formula is C26H42N8O6. The minimum Gasteiger partial charge on any atom is -0.480 e. The summed E-state index contributed by atoms with van der Waals surface area (Å²) in [5, 5.41) is 17.3. The van der Waals surface area contributed by atoms with Crippen molar-refractivity contribution in [3.8, 4) is 0 Å². The number of carbonyl (C=O) groups is 5. The molecule has 0 fully saturated rings. The monoisotopic (exact) mass is 562 g/mol. The molecule has 1 aromatic rings. The predicted octanol–water partition coefficient (Wildman–Crippen LogP) is -1.54. The lowest BCUT2D eigenvalue weighted by molar-refractivity contribution is -0.142. The van der Waals surface area contributed by atoms with Gasteiger partial charge < -0.3 is 44.0 Å². The summed E-state index contributed by atoms with van der Waals surface area (Å²) in [6.07, 6.45) is 0.614. The van der Waals surface area contributed by atoms with Crippen molar-refractivity contribution in [3.63, 3.8) is 0 Å². The van der Waals surface area contributed by atoms with Crippen LogP contribution in [0, 0.1) is 5.92 Å². The van der Waals surface area contributed by atoms with Crippen molar-refractivity contribution in [2.75, 3.05) is 6.54 Å². The van der Waals surface area contributed by atoms with Gasteiger partial charge in [0, 0.05) is 19.4 Å². The van der Waals surface area contributed by atoms with E-state index in [9.17, 15) is 29.1 Å². The SMILES string of the molecule is CCC(C)C(N)C(=O)NC(CCC(N)=O)C(=O)NC(CCCN=C(N)N)C(=O)NC(Cc1ccccc1)C(=O)O. The molecule has 4 amide bonds. The number of nitrogens with two attached hydrogens (primary N) is 4. The number of carboxylic acids is 1. The first-order chi connectivity index (χ1) is 18.8. The smallest absolute Gasteiger partial charge is 0.326 e. The number of carboxylic acid groups (broad SMARTS) is 1. The minimum atomic E-state index is -1.27. The van der Waals surface area contributed by atoms with Crippen molar-refractivity contribution in [2.45, 2.75) is 76.5 Å². The third-order valence-electron chi connectivity index (χ3n) is 6.35. The number of rotatable bonds is 18. The molecule has 14 nitrogen and oxygen atoms in total. The highest BCUT2D eigenvalue weighted by molar-refractivity contribution is 5.94. The standard InChI is InChI=1S/C26H42N8O6/c1-3-15(2)21(28)24(38)33-18(11-12-20(27)35)23(37)32-17(10-7-13-31-26(29)30)22(36)34-19(25(39)40)14-16-8-5-4-6-9-16/h4-6,8-9,15,17-19,21H,3,7,10-14,28H2,1-2H3,(H2,27,35)(H,32,37)(H,33,38)(H,34,36)(H,39,40)(H4,29,30,31). The normalized spacial score (nSPS) is 14.5. The molecule has 1 rings (SSSR count). The van der Waals surface area contributed by atoms with Gasteiger partial charge in [-0.3, -0.25) is 24.2 Å². The van der Waals surface area contributed by atoms with Gasteiger partial charge in [-0.25, -0.2) is 4.79 Å².